The van der Waals surface area contributed by atoms with Crippen molar-refractivity contribution in [2.24, 2.45) is 0 Å². The summed E-state index contributed by atoms with van der Waals surface area (Å²) in [5.74, 6) is -0.125. The lowest BCUT2D eigenvalue weighted by molar-refractivity contribution is -0.125. The molecule has 0 bridgehead atoms. The Morgan fingerprint density at radius 1 is 1.20 bits per heavy atom. The van der Waals surface area contributed by atoms with Gasteiger partial charge in [0.1, 0.15) is 5.65 Å². The molecule has 3 aromatic rings. The molecule has 4 rings (SSSR count). The maximum Gasteiger partial charge on any atom is 0.446 e. The predicted octanol–water partition coefficient (Wildman–Crippen LogP) is 5.50. The Morgan fingerprint density at radius 3 is 2.70 bits per heavy atom. The van der Waals surface area contributed by atoms with Crippen molar-refractivity contribution in [3.8, 4) is 0 Å². The molecule has 0 aliphatic carbocycles. The van der Waals surface area contributed by atoms with Crippen LogP contribution in [0.5, 0.6) is 0 Å². The van der Waals surface area contributed by atoms with E-state index in [1.165, 1.54) is 23.8 Å². The number of thioether (sulfide) groups is 1. The number of carbonyl (C=O) groups is 1. The Kier molecular flexibility index (Phi) is 5.67. The van der Waals surface area contributed by atoms with Gasteiger partial charge in [0.2, 0.25) is 5.91 Å². The van der Waals surface area contributed by atoms with Gasteiger partial charge in [-0.2, -0.15) is 13.2 Å². The number of rotatable bonds is 4. The molecule has 0 saturated carbocycles. The summed E-state index contributed by atoms with van der Waals surface area (Å²) in [5, 5.41) is 1.07. The third kappa shape index (κ3) is 4.76. The van der Waals surface area contributed by atoms with Crippen LogP contribution in [0.1, 0.15) is 17.5 Å². The topological polar surface area (TPSA) is 49.0 Å². The number of aromatic amines is 1. The van der Waals surface area contributed by atoms with Gasteiger partial charge in [0.25, 0.3) is 0 Å². The zero-order valence-electron chi connectivity index (χ0n) is 15.8. The minimum absolute atomic E-state index is 0.118. The Bertz CT molecular complexity index is 1120. The number of H-pyrrole nitrogens is 1. The lowest BCUT2D eigenvalue weighted by atomic mass is 9.99. The number of hydrogen-bond donors (Lipinski definition) is 1. The second kappa shape index (κ2) is 8.39. The molecule has 0 unspecified atom stereocenters. The monoisotopic (exact) mass is 429 g/mol. The van der Waals surface area contributed by atoms with Crippen LogP contribution in [0.25, 0.3) is 22.7 Å². The summed E-state index contributed by atoms with van der Waals surface area (Å²) < 4.78 is 37.2. The summed E-state index contributed by atoms with van der Waals surface area (Å²) >= 11 is -0.156. The number of alkyl halides is 3. The molecule has 0 atom stereocenters. The molecule has 1 N–H and O–H groups in total. The minimum atomic E-state index is -4.31. The molecule has 1 aliphatic rings. The average molecular weight is 429 g/mol. The van der Waals surface area contributed by atoms with Gasteiger partial charge in [-0.1, -0.05) is 18.2 Å². The van der Waals surface area contributed by atoms with E-state index in [1.807, 2.05) is 24.4 Å². The first-order valence-electron chi connectivity index (χ1n) is 9.33. The minimum Gasteiger partial charge on any atom is -0.346 e. The van der Waals surface area contributed by atoms with Crippen molar-refractivity contribution in [1.29, 1.82) is 0 Å². The number of pyridine rings is 1. The van der Waals surface area contributed by atoms with Gasteiger partial charge in [0.15, 0.2) is 0 Å². The number of nitrogens with one attached hydrogen (secondary N) is 1. The van der Waals surface area contributed by atoms with Gasteiger partial charge in [-0.05, 0) is 59.7 Å². The van der Waals surface area contributed by atoms with Gasteiger partial charge in [0, 0.05) is 47.4 Å². The molecule has 30 heavy (non-hydrogen) atoms. The van der Waals surface area contributed by atoms with Gasteiger partial charge in [0.05, 0.1) is 0 Å². The number of hydrogen-bond acceptors (Lipinski definition) is 3. The largest absolute Gasteiger partial charge is 0.446 e. The zero-order chi connectivity index (χ0) is 21.1. The quantitative estimate of drug-likeness (QED) is 0.440. The third-order valence-electron chi connectivity index (χ3n) is 4.85. The second-order valence-corrected chi connectivity index (χ2v) is 7.95. The molecule has 0 saturated heterocycles. The fourth-order valence-corrected chi connectivity index (χ4v) is 3.93. The normalized spacial score (nSPS) is 15.0. The summed E-state index contributed by atoms with van der Waals surface area (Å²) in [4.78, 5) is 21.8. The molecule has 0 spiro atoms. The summed E-state index contributed by atoms with van der Waals surface area (Å²) in [5.41, 5.74) is -0.501. The Labute approximate surface area is 175 Å². The molecule has 1 aromatic carbocycles. The standard InChI is InChI=1S/C22H18F3N3OS/c23-22(24,25)30-17-6-3-15(4-7-17)5-8-20(29)28-12-9-16(10-13-28)19-14-27-21-18(19)2-1-11-26-21/h1-9,11,14H,10,12-13H2,(H,26,27)/b8-5+. The lowest BCUT2D eigenvalue weighted by Gasteiger charge is -2.25. The van der Waals surface area contributed by atoms with Crippen LogP contribution in [-0.4, -0.2) is 39.4 Å². The Morgan fingerprint density at radius 2 is 2.00 bits per heavy atom. The van der Waals surface area contributed by atoms with Crippen LogP contribution in [-0.2, 0) is 4.79 Å². The van der Waals surface area contributed by atoms with Crippen LogP contribution in [0, 0.1) is 0 Å². The summed E-state index contributed by atoms with van der Waals surface area (Å²) in [7, 11) is 0. The van der Waals surface area contributed by atoms with Crippen molar-refractivity contribution in [3.63, 3.8) is 0 Å². The number of amides is 1. The molecule has 4 nitrogen and oxygen atoms in total. The first-order valence-corrected chi connectivity index (χ1v) is 10.1. The van der Waals surface area contributed by atoms with E-state index in [2.05, 4.69) is 9.97 Å². The third-order valence-corrected chi connectivity index (χ3v) is 5.59. The van der Waals surface area contributed by atoms with Crippen LogP contribution >= 0.6 is 11.8 Å². The molecule has 154 valence electrons. The fourth-order valence-electron chi connectivity index (χ4n) is 3.39. The molecule has 3 heterocycles. The van der Waals surface area contributed by atoms with E-state index < -0.39 is 5.51 Å². The SMILES string of the molecule is O=C(/C=C/c1ccc(SC(F)(F)F)cc1)N1CC=C(c2c[nH]c3ncccc23)CC1. The predicted molar refractivity (Wildman–Crippen MR) is 113 cm³/mol. The maximum atomic E-state index is 12.5. The molecular formula is C22H18F3N3OS. The van der Waals surface area contributed by atoms with E-state index in [9.17, 15) is 18.0 Å². The Hall–Kier alpha value is -3.00. The molecule has 1 amide bonds. The number of aromatic nitrogens is 2. The van der Waals surface area contributed by atoms with Gasteiger partial charge in [-0.25, -0.2) is 4.98 Å². The van der Waals surface area contributed by atoms with Crippen molar-refractivity contribution >= 4 is 40.4 Å². The molecule has 8 heteroatoms. The van der Waals surface area contributed by atoms with E-state index in [4.69, 9.17) is 0 Å². The van der Waals surface area contributed by atoms with Gasteiger partial charge < -0.3 is 9.88 Å². The van der Waals surface area contributed by atoms with E-state index in [0.717, 1.165) is 23.0 Å². The molecule has 2 aromatic heterocycles. The zero-order valence-corrected chi connectivity index (χ0v) is 16.6. The van der Waals surface area contributed by atoms with E-state index in [-0.39, 0.29) is 22.6 Å². The smallest absolute Gasteiger partial charge is 0.346 e. The molecule has 1 aliphatic heterocycles. The van der Waals surface area contributed by atoms with Crippen molar-refractivity contribution < 1.29 is 18.0 Å². The van der Waals surface area contributed by atoms with E-state index in [0.29, 0.717) is 18.7 Å². The van der Waals surface area contributed by atoms with Crippen molar-refractivity contribution in [1.82, 2.24) is 14.9 Å². The van der Waals surface area contributed by atoms with Crippen LogP contribution in [0.2, 0.25) is 0 Å². The number of carbonyl (C=O) groups excluding carboxylic acids is 1. The highest BCUT2D eigenvalue weighted by Gasteiger charge is 2.29. The van der Waals surface area contributed by atoms with Crippen molar-refractivity contribution in [3.05, 3.63) is 72.1 Å². The molecule has 0 fully saturated rings. The highest BCUT2D eigenvalue weighted by Crippen LogP contribution is 2.36. The summed E-state index contributed by atoms with van der Waals surface area (Å²) in [6, 6.07) is 9.85. The van der Waals surface area contributed by atoms with Crippen LogP contribution < -0.4 is 0 Å². The van der Waals surface area contributed by atoms with E-state index in [1.54, 1.807) is 29.3 Å². The molecular weight excluding hydrogens is 411 g/mol. The van der Waals surface area contributed by atoms with E-state index >= 15 is 0 Å². The Balaban J connectivity index is 1.38. The number of halogens is 3. The van der Waals surface area contributed by atoms with Crippen LogP contribution in [0.3, 0.4) is 0 Å². The summed E-state index contributed by atoms with van der Waals surface area (Å²) in [6.07, 6.45) is 9.56. The van der Waals surface area contributed by atoms with Gasteiger partial charge in [-0.3, -0.25) is 4.79 Å². The van der Waals surface area contributed by atoms with Gasteiger partial charge >= 0.3 is 5.51 Å². The van der Waals surface area contributed by atoms with Crippen LogP contribution in [0.4, 0.5) is 13.2 Å². The number of benzene rings is 1. The van der Waals surface area contributed by atoms with Gasteiger partial charge in [-0.15, -0.1) is 0 Å². The van der Waals surface area contributed by atoms with Crippen molar-refractivity contribution in [2.75, 3.05) is 13.1 Å². The number of fused-ring (bicyclic) bond motifs is 1. The second-order valence-electron chi connectivity index (χ2n) is 6.82. The summed E-state index contributed by atoms with van der Waals surface area (Å²) in [6.45, 7) is 1.11. The fraction of sp³-hybridized carbons (Fsp3) is 0.182. The first-order chi connectivity index (χ1) is 14.4. The average Bonchev–Trinajstić information content (AvgIpc) is 3.16. The highest BCUT2D eigenvalue weighted by atomic mass is 32.2. The van der Waals surface area contributed by atoms with Crippen molar-refractivity contribution in [2.45, 2.75) is 16.8 Å². The number of nitrogens with zero attached hydrogens (tertiary/aromatic N) is 2. The molecule has 0 radical (unpaired) electrons. The lowest BCUT2D eigenvalue weighted by Crippen LogP contribution is -2.33. The highest BCUT2D eigenvalue weighted by molar-refractivity contribution is 8.00. The first kappa shape index (κ1) is 20.3. The maximum absolute atomic E-state index is 12.5. The van der Waals surface area contributed by atoms with Crippen LogP contribution in [0.15, 0.2) is 65.8 Å².